The molecule has 10 heteroatoms. The van der Waals surface area contributed by atoms with Gasteiger partial charge in [-0.1, -0.05) is 0 Å². The molecule has 0 bridgehead atoms. The molecule has 1 N–H and O–H groups in total. The standard InChI is InChI=1S/C19H26N4O4S2/c1-13-10-23(11-14(2)27-13)29(25,26)18-7-5-16(6-8-18)21-19(24)22(4)12-17-9-20-15(3)28-17/h5-9,13-14H,10-12H2,1-4H3,(H,21,24)/t13-,14-/m0/s1. The van der Waals surface area contributed by atoms with Crippen LogP contribution in [0.25, 0.3) is 0 Å². The number of hydrogen-bond acceptors (Lipinski definition) is 6. The van der Waals surface area contributed by atoms with E-state index in [9.17, 15) is 13.2 Å². The van der Waals surface area contributed by atoms with Gasteiger partial charge in [0.1, 0.15) is 0 Å². The summed E-state index contributed by atoms with van der Waals surface area (Å²) in [5.41, 5.74) is 0.532. The fourth-order valence-corrected chi connectivity index (χ4v) is 5.63. The van der Waals surface area contributed by atoms with E-state index in [0.29, 0.717) is 25.3 Å². The number of rotatable bonds is 5. The lowest BCUT2D eigenvalue weighted by molar-refractivity contribution is -0.0440. The van der Waals surface area contributed by atoms with Crippen LogP contribution in [-0.4, -0.2) is 61.0 Å². The zero-order chi connectivity index (χ0) is 21.2. The molecular formula is C19H26N4O4S2. The SMILES string of the molecule is Cc1ncc(CN(C)C(=O)Nc2ccc(S(=O)(=O)N3C[C@H](C)O[C@@H](C)C3)cc2)s1. The second kappa shape index (κ2) is 8.78. The normalized spacial score (nSPS) is 20.4. The molecule has 0 unspecified atom stereocenters. The number of carbonyl (C=O) groups is 1. The molecule has 0 radical (unpaired) electrons. The van der Waals surface area contributed by atoms with Crippen LogP contribution in [-0.2, 0) is 21.3 Å². The van der Waals surface area contributed by atoms with Gasteiger partial charge in [-0.2, -0.15) is 4.31 Å². The molecule has 1 aromatic heterocycles. The largest absolute Gasteiger partial charge is 0.373 e. The maximum atomic E-state index is 12.9. The van der Waals surface area contributed by atoms with Crippen molar-refractivity contribution < 1.29 is 17.9 Å². The van der Waals surface area contributed by atoms with Crippen LogP contribution >= 0.6 is 11.3 Å². The Bertz CT molecular complexity index is 949. The number of ether oxygens (including phenoxy) is 1. The number of aryl methyl sites for hydroxylation is 1. The highest BCUT2D eigenvalue weighted by molar-refractivity contribution is 7.89. The molecule has 8 nitrogen and oxygen atoms in total. The molecule has 2 aromatic rings. The summed E-state index contributed by atoms with van der Waals surface area (Å²) in [4.78, 5) is 19.3. The van der Waals surface area contributed by atoms with E-state index in [1.54, 1.807) is 41.6 Å². The van der Waals surface area contributed by atoms with Crippen molar-refractivity contribution in [3.63, 3.8) is 0 Å². The monoisotopic (exact) mass is 438 g/mol. The van der Waals surface area contributed by atoms with Crippen LogP contribution in [0.15, 0.2) is 35.4 Å². The minimum Gasteiger partial charge on any atom is -0.373 e. The van der Waals surface area contributed by atoms with Gasteiger partial charge in [-0.05, 0) is 45.0 Å². The number of anilines is 1. The van der Waals surface area contributed by atoms with Crippen LogP contribution in [0.1, 0.15) is 23.7 Å². The predicted molar refractivity (Wildman–Crippen MR) is 113 cm³/mol. The van der Waals surface area contributed by atoms with E-state index in [0.717, 1.165) is 9.88 Å². The maximum Gasteiger partial charge on any atom is 0.321 e. The molecule has 1 aromatic carbocycles. The van der Waals surface area contributed by atoms with Crippen LogP contribution in [0.3, 0.4) is 0 Å². The maximum absolute atomic E-state index is 12.9. The number of hydrogen-bond donors (Lipinski definition) is 1. The zero-order valence-corrected chi connectivity index (χ0v) is 18.6. The first-order valence-electron chi connectivity index (χ1n) is 9.34. The van der Waals surface area contributed by atoms with Crippen molar-refractivity contribution in [1.29, 1.82) is 0 Å². The van der Waals surface area contributed by atoms with Gasteiger partial charge in [0.2, 0.25) is 10.0 Å². The van der Waals surface area contributed by atoms with Gasteiger partial charge < -0.3 is 15.0 Å². The number of nitrogens with one attached hydrogen (secondary N) is 1. The third-order valence-electron chi connectivity index (χ3n) is 4.54. The Balaban J connectivity index is 1.64. The third kappa shape index (κ3) is 5.33. The molecule has 2 amide bonds. The number of urea groups is 1. The molecule has 2 atom stereocenters. The molecule has 158 valence electrons. The summed E-state index contributed by atoms with van der Waals surface area (Å²) >= 11 is 1.55. The lowest BCUT2D eigenvalue weighted by atomic mass is 10.3. The van der Waals surface area contributed by atoms with Gasteiger partial charge in [-0.25, -0.2) is 18.2 Å². The van der Waals surface area contributed by atoms with Gasteiger partial charge in [-0.3, -0.25) is 0 Å². The quantitative estimate of drug-likeness (QED) is 0.775. The molecule has 2 heterocycles. The smallest absolute Gasteiger partial charge is 0.321 e. The molecule has 1 aliphatic heterocycles. The number of amides is 2. The molecule has 3 rings (SSSR count). The predicted octanol–water partition coefficient (Wildman–Crippen LogP) is 2.91. The van der Waals surface area contributed by atoms with E-state index < -0.39 is 10.0 Å². The third-order valence-corrected chi connectivity index (χ3v) is 7.28. The van der Waals surface area contributed by atoms with Crippen molar-refractivity contribution in [3.05, 3.63) is 40.3 Å². The van der Waals surface area contributed by atoms with Crippen LogP contribution in [0.2, 0.25) is 0 Å². The Morgan fingerprint density at radius 3 is 2.45 bits per heavy atom. The summed E-state index contributed by atoms with van der Waals surface area (Å²) < 4.78 is 32.9. The highest BCUT2D eigenvalue weighted by atomic mass is 32.2. The van der Waals surface area contributed by atoms with E-state index >= 15 is 0 Å². The molecule has 1 fully saturated rings. The Kier molecular flexibility index (Phi) is 6.57. The van der Waals surface area contributed by atoms with E-state index in [4.69, 9.17) is 4.74 Å². The van der Waals surface area contributed by atoms with Gasteiger partial charge >= 0.3 is 6.03 Å². The number of thiazole rings is 1. The summed E-state index contributed by atoms with van der Waals surface area (Å²) in [6, 6.07) is 5.96. The second-order valence-corrected chi connectivity index (χ2v) is 10.5. The van der Waals surface area contributed by atoms with Gasteiger partial charge in [0.15, 0.2) is 0 Å². The molecule has 1 saturated heterocycles. The van der Waals surface area contributed by atoms with E-state index in [1.165, 1.54) is 16.4 Å². The van der Waals surface area contributed by atoms with Crippen molar-refractivity contribution in [2.75, 3.05) is 25.5 Å². The first-order valence-corrected chi connectivity index (χ1v) is 11.6. The molecule has 0 spiro atoms. The van der Waals surface area contributed by atoms with Gasteiger partial charge in [0.05, 0.1) is 28.7 Å². The fraction of sp³-hybridized carbons (Fsp3) is 0.474. The van der Waals surface area contributed by atoms with Crippen LogP contribution < -0.4 is 5.32 Å². The van der Waals surface area contributed by atoms with E-state index in [1.807, 2.05) is 20.8 Å². The van der Waals surface area contributed by atoms with Crippen LogP contribution in [0, 0.1) is 6.92 Å². The number of benzene rings is 1. The lowest BCUT2D eigenvalue weighted by Crippen LogP contribution is -2.48. The summed E-state index contributed by atoms with van der Waals surface area (Å²) in [5, 5.41) is 3.74. The van der Waals surface area contributed by atoms with Crippen LogP contribution in [0.5, 0.6) is 0 Å². The van der Waals surface area contributed by atoms with Crippen molar-refractivity contribution in [3.8, 4) is 0 Å². The minimum absolute atomic E-state index is 0.148. The molecule has 29 heavy (non-hydrogen) atoms. The second-order valence-electron chi connectivity index (χ2n) is 7.24. The summed E-state index contributed by atoms with van der Waals surface area (Å²) in [6.45, 7) is 6.75. The molecule has 1 aliphatic rings. The Hall–Kier alpha value is -2.01. The first kappa shape index (κ1) is 21.7. The van der Waals surface area contributed by atoms with Crippen molar-refractivity contribution >= 4 is 33.1 Å². The van der Waals surface area contributed by atoms with Crippen molar-refractivity contribution in [2.24, 2.45) is 0 Å². The summed E-state index contributed by atoms with van der Waals surface area (Å²) in [6.07, 6.45) is 1.46. The van der Waals surface area contributed by atoms with Gasteiger partial charge in [-0.15, -0.1) is 11.3 Å². The Morgan fingerprint density at radius 2 is 1.90 bits per heavy atom. The number of carbonyl (C=O) groups excluding carboxylic acids is 1. The molecule has 0 aliphatic carbocycles. The Labute approximate surface area is 175 Å². The average molecular weight is 439 g/mol. The molecule has 0 saturated carbocycles. The van der Waals surface area contributed by atoms with E-state index in [2.05, 4.69) is 10.3 Å². The number of morpholine rings is 1. The topological polar surface area (TPSA) is 91.8 Å². The zero-order valence-electron chi connectivity index (χ0n) is 17.0. The van der Waals surface area contributed by atoms with Crippen molar-refractivity contribution in [2.45, 2.75) is 44.4 Å². The number of aromatic nitrogens is 1. The first-order chi connectivity index (χ1) is 13.6. The fourth-order valence-electron chi connectivity index (χ4n) is 3.19. The lowest BCUT2D eigenvalue weighted by Gasteiger charge is -2.34. The Morgan fingerprint density at radius 1 is 1.28 bits per heavy atom. The van der Waals surface area contributed by atoms with E-state index in [-0.39, 0.29) is 23.1 Å². The minimum atomic E-state index is -3.60. The van der Waals surface area contributed by atoms with Gasteiger partial charge in [0, 0.05) is 36.9 Å². The highest BCUT2D eigenvalue weighted by Crippen LogP contribution is 2.23. The molecular weight excluding hydrogens is 412 g/mol. The number of sulfonamides is 1. The highest BCUT2D eigenvalue weighted by Gasteiger charge is 2.32. The van der Waals surface area contributed by atoms with Crippen molar-refractivity contribution in [1.82, 2.24) is 14.2 Å². The number of nitrogens with zero attached hydrogens (tertiary/aromatic N) is 3. The van der Waals surface area contributed by atoms with Gasteiger partial charge in [0.25, 0.3) is 0 Å². The summed E-state index contributed by atoms with van der Waals surface area (Å²) in [5.74, 6) is 0. The average Bonchev–Trinajstić information content (AvgIpc) is 3.06. The summed E-state index contributed by atoms with van der Waals surface area (Å²) in [7, 11) is -1.90. The van der Waals surface area contributed by atoms with Crippen LogP contribution in [0.4, 0.5) is 10.5 Å².